The average molecular weight is 352 g/mol. The van der Waals surface area contributed by atoms with Gasteiger partial charge in [-0.1, -0.05) is 24.3 Å². The van der Waals surface area contributed by atoms with Gasteiger partial charge in [0.25, 0.3) is 0 Å². The lowest BCUT2D eigenvalue weighted by Gasteiger charge is -2.33. The fraction of sp³-hybridized carbons (Fsp3) is 0.696. The average Bonchev–Trinajstić information content (AvgIpc) is 3.55. The summed E-state index contributed by atoms with van der Waals surface area (Å²) in [6, 6.07) is 12.0. The molecule has 1 saturated heterocycles. The van der Waals surface area contributed by atoms with Gasteiger partial charge in [0.1, 0.15) is 0 Å². The van der Waals surface area contributed by atoms with Crippen molar-refractivity contribution in [3.05, 3.63) is 35.4 Å². The maximum Gasteiger partial charge on any atom is 0.0766 e. The molecule has 3 aliphatic rings. The highest BCUT2D eigenvalue weighted by molar-refractivity contribution is 5.32. The van der Waals surface area contributed by atoms with Crippen LogP contribution in [-0.4, -0.2) is 42.5 Å². The number of rotatable bonds is 6. The molecule has 2 saturated carbocycles. The Balaban J connectivity index is 1.26. The summed E-state index contributed by atoms with van der Waals surface area (Å²) in [5.41, 5.74) is 2.77. The van der Waals surface area contributed by atoms with Crippen LogP contribution in [0.25, 0.3) is 0 Å². The molecule has 0 bridgehead atoms. The minimum absolute atomic E-state index is 0.398. The Morgan fingerprint density at radius 3 is 2.42 bits per heavy atom. The molecule has 3 nitrogen and oxygen atoms in total. The molecule has 1 spiro atoms. The van der Waals surface area contributed by atoms with Gasteiger partial charge in [-0.2, -0.15) is 5.26 Å². The van der Waals surface area contributed by atoms with Gasteiger partial charge in [-0.25, -0.2) is 0 Å². The van der Waals surface area contributed by atoms with Gasteiger partial charge in [-0.15, -0.1) is 0 Å². The van der Waals surface area contributed by atoms with Crippen molar-refractivity contribution in [1.82, 2.24) is 9.80 Å². The first-order valence-corrected chi connectivity index (χ1v) is 10.4. The van der Waals surface area contributed by atoms with Crippen LogP contribution in [0.1, 0.15) is 57.1 Å². The molecule has 1 unspecified atom stereocenters. The van der Waals surface area contributed by atoms with Crippen molar-refractivity contribution in [2.75, 3.05) is 26.7 Å². The monoisotopic (exact) mass is 351 g/mol. The highest BCUT2D eigenvalue weighted by Gasteiger charge is 2.55. The minimum atomic E-state index is -0.398. The molecule has 3 heteroatoms. The molecule has 2 aliphatic carbocycles. The third kappa shape index (κ3) is 3.68. The van der Waals surface area contributed by atoms with E-state index in [-0.39, 0.29) is 0 Å². The Kier molecular flexibility index (Phi) is 4.61. The molecule has 1 atom stereocenters. The van der Waals surface area contributed by atoms with Crippen molar-refractivity contribution >= 4 is 0 Å². The van der Waals surface area contributed by atoms with E-state index in [2.05, 4.69) is 47.2 Å². The minimum Gasteiger partial charge on any atom is -0.303 e. The zero-order valence-corrected chi connectivity index (χ0v) is 16.7. The molecule has 0 aromatic heterocycles. The Hall–Kier alpha value is -1.37. The Morgan fingerprint density at radius 2 is 1.85 bits per heavy atom. The molecule has 3 fully saturated rings. The maximum atomic E-state index is 9.28. The lowest BCUT2D eigenvalue weighted by Crippen LogP contribution is -2.36. The number of piperidine rings is 1. The van der Waals surface area contributed by atoms with Gasteiger partial charge in [0.2, 0.25) is 0 Å². The molecule has 1 aromatic carbocycles. The lowest BCUT2D eigenvalue weighted by atomic mass is 9.86. The van der Waals surface area contributed by atoms with Crippen LogP contribution < -0.4 is 0 Å². The van der Waals surface area contributed by atoms with Gasteiger partial charge >= 0.3 is 0 Å². The molecule has 26 heavy (non-hydrogen) atoms. The number of likely N-dealkylation sites (tertiary alicyclic amines) is 1. The van der Waals surface area contributed by atoms with Crippen molar-refractivity contribution in [3.8, 4) is 6.07 Å². The van der Waals surface area contributed by atoms with Crippen molar-refractivity contribution in [1.29, 1.82) is 5.26 Å². The molecule has 140 valence electrons. The second-order valence-electron chi connectivity index (χ2n) is 9.64. The fourth-order valence-electron chi connectivity index (χ4n) is 4.82. The van der Waals surface area contributed by atoms with Gasteiger partial charge in [-0.05, 0) is 88.5 Å². The summed E-state index contributed by atoms with van der Waals surface area (Å²) < 4.78 is 0. The SMILES string of the molecule is CN(CC1CC12CCN(Cc1ccc(C(C)(C)C#N)cc1)CC2)C1CC1. The van der Waals surface area contributed by atoms with Crippen molar-refractivity contribution in [3.63, 3.8) is 0 Å². The molecule has 1 aliphatic heterocycles. The smallest absolute Gasteiger partial charge is 0.0766 e. The quantitative estimate of drug-likeness (QED) is 0.770. The molecule has 1 heterocycles. The van der Waals surface area contributed by atoms with Crippen molar-refractivity contribution in [2.45, 2.75) is 64.0 Å². The maximum absolute atomic E-state index is 9.28. The van der Waals surface area contributed by atoms with E-state index < -0.39 is 5.41 Å². The number of hydrogen-bond donors (Lipinski definition) is 0. The van der Waals surface area contributed by atoms with Crippen LogP contribution in [0.4, 0.5) is 0 Å². The number of nitrogens with zero attached hydrogens (tertiary/aromatic N) is 3. The summed E-state index contributed by atoms with van der Waals surface area (Å²) >= 11 is 0. The summed E-state index contributed by atoms with van der Waals surface area (Å²) in [6.07, 6.45) is 7.09. The zero-order chi connectivity index (χ0) is 18.4. The van der Waals surface area contributed by atoms with E-state index in [4.69, 9.17) is 0 Å². The van der Waals surface area contributed by atoms with E-state index in [0.717, 1.165) is 24.1 Å². The second kappa shape index (κ2) is 6.66. The van der Waals surface area contributed by atoms with Gasteiger partial charge in [0, 0.05) is 19.1 Å². The van der Waals surface area contributed by atoms with Gasteiger partial charge in [0.05, 0.1) is 11.5 Å². The van der Waals surface area contributed by atoms with Crippen molar-refractivity contribution < 1.29 is 0 Å². The van der Waals surface area contributed by atoms with E-state index in [1.165, 1.54) is 57.3 Å². The highest BCUT2D eigenvalue weighted by atomic mass is 15.2. The van der Waals surface area contributed by atoms with Gasteiger partial charge < -0.3 is 4.90 Å². The Bertz CT molecular complexity index is 672. The summed E-state index contributed by atoms with van der Waals surface area (Å²) in [7, 11) is 2.33. The van der Waals surface area contributed by atoms with Crippen LogP contribution in [0, 0.1) is 22.7 Å². The molecular formula is C23H33N3. The summed E-state index contributed by atoms with van der Waals surface area (Å²) in [6.45, 7) is 8.85. The van der Waals surface area contributed by atoms with Crippen LogP contribution >= 0.6 is 0 Å². The molecule has 4 rings (SSSR count). The molecule has 0 amide bonds. The lowest BCUT2D eigenvalue weighted by molar-refractivity contribution is 0.149. The predicted molar refractivity (Wildman–Crippen MR) is 106 cm³/mol. The first-order chi connectivity index (χ1) is 12.4. The standard InChI is InChI=1S/C23H33N3/c1-22(2,17-24)19-6-4-18(5-7-19)15-26-12-10-23(11-13-26)14-20(23)16-25(3)21-8-9-21/h4-7,20-21H,8-16H2,1-3H3. The van der Waals surface area contributed by atoms with Crippen LogP contribution in [0.3, 0.4) is 0 Å². The fourth-order valence-corrected chi connectivity index (χ4v) is 4.82. The van der Waals surface area contributed by atoms with Gasteiger partial charge in [-0.3, -0.25) is 4.90 Å². The van der Waals surface area contributed by atoms with Crippen molar-refractivity contribution in [2.24, 2.45) is 11.3 Å². The molecule has 0 radical (unpaired) electrons. The predicted octanol–water partition coefficient (Wildman–Crippen LogP) is 4.18. The van der Waals surface area contributed by atoms with Gasteiger partial charge in [0.15, 0.2) is 0 Å². The molecule has 1 aromatic rings. The van der Waals surface area contributed by atoms with E-state index >= 15 is 0 Å². The summed E-state index contributed by atoms with van der Waals surface area (Å²) in [5, 5.41) is 9.28. The highest BCUT2D eigenvalue weighted by Crippen LogP contribution is 2.59. The van der Waals surface area contributed by atoms with E-state index in [1.54, 1.807) is 0 Å². The third-order valence-corrected chi connectivity index (χ3v) is 7.25. The van der Waals surface area contributed by atoms with Crippen LogP contribution in [-0.2, 0) is 12.0 Å². The largest absolute Gasteiger partial charge is 0.303 e. The number of nitriles is 1. The van der Waals surface area contributed by atoms with Crippen LogP contribution in [0.2, 0.25) is 0 Å². The second-order valence-corrected chi connectivity index (χ2v) is 9.64. The Morgan fingerprint density at radius 1 is 1.19 bits per heavy atom. The third-order valence-electron chi connectivity index (χ3n) is 7.25. The zero-order valence-electron chi connectivity index (χ0n) is 16.7. The molecule has 0 N–H and O–H groups in total. The number of benzene rings is 1. The normalized spacial score (nSPS) is 25.4. The van der Waals surface area contributed by atoms with Crippen LogP contribution in [0.5, 0.6) is 0 Å². The van der Waals surface area contributed by atoms with E-state index in [0.29, 0.717) is 5.41 Å². The Labute approximate surface area is 159 Å². The molecular weight excluding hydrogens is 318 g/mol. The summed E-state index contributed by atoms with van der Waals surface area (Å²) in [4.78, 5) is 5.24. The first kappa shape index (κ1) is 18.0. The number of hydrogen-bond acceptors (Lipinski definition) is 3. The summed E-state index contributed by atoms with van der Waals surface area (Å²) in [5.74, 6) is 0.961. The van der Waals surface area contributed by atoms with E-state index in [9.17, 15) is 5.26 Å². The first-order valence-electron chi connectivity index (χ1n) is 10.4. The van der Waals surface area contributed by atoms with Crippen LogP contribution in [0.15, 0.2) is 24.3 Å². The topological polar surface area (TPSA) is 30.3 Å². The van der Waals surface area contributed by atoms with E-state index in [1.807, 2.05) is 13.8 Å².